The maximum absolute atomic E-state index is 3.67. The number of hydrogen-bond donors (Lipinski definition) is 1. The summed E-state index contributed by atoms with van der Waals surface area (Å²) in [7, 11) is 1.86. The molecule has 0 aliphatic rings. The van der Waals surface area contributed by atoms with E-state index in [0.29, 0.717) is 0 Å². The van der Waals surface area contributed by atoms with Crippen molar-refractivity contribution in [3.05, 3.63) is 24.4 Å². The van der Waals surface area contributed by atoms with Gasteiger partial charge in [-0.15, -0.1) is 0 Å². The lowest BCUT2D eigenvalue weighted by Crippen LogP contribution is -1.90. The van der Waals surface area contributed by atoms with Crippen LogP contribution >= 0.6 is 0 Å². The van der Waals surface area contributed by atoms with Gasteiger partial charge in [0.15, 0.2) is 0 Å². The highest BCUT2D eigenvalue weighted by atomic mass is 14.8. The largest absolute Gasteiger partial charge is 0.394 e. The minimum atomic E-state index is 1.06. The highest BCUT2D eigenvalue weighted by molar-refractivity contribution is 5.09. The van der Waals surface area contributed by atoms with Crippen LogP contribution in [0.3, 0.4) is 0 Å². The van der Waals surface area contributed by atoms with Gasteiger partial charge < -0.3 is 5.32 Å². The summed E-state index contributed by atoms with van der Waals surface area (Å²) < 4.78 is 0. The zero-order chi connectivity index (χ0) is 5.70. The Kier molecular flexibility index (Phi) is 3.11. The first kappa shape index (κ1) is 6.28. The Morgan fingerprint density at radius 2 is 2.29 bits per heavy atom. The molecule has 0 aliphatic carbocycles. The zero-order valence-corrected chi connectivity index (χ0v) is 4.86. The van der Waals surface area contributed by atoms with Crippen LogP contribution in [-0.4, -0.2) is 7.05 Å². The van der Waals surface area contributed by atoms with E-state index in [4.69, 9.17) is 0 Å². The summed E-state index contributed by atoms with van der Waals surface area (Å²) in [6.45, 7) is 5.62. The molecule has 0 saturated heterocycles. The summed E-state index contributed by atoms with van der Waals surface area (Å²) in [5.41, 5.74) is 1.06. The second kappa shape index (κ2) is 3.47. The summed E-state index contributed by atoms with van der Waals surface area (Å²) in [4.78, 5) is 0. The molecule has 0 unspecified atom stereocenters. The average molecular weight is 97.2 g/mol. The van der Waals surface area contributed by atoms with Crippen molar-refractivity contribution in [3.8, 4) is 0 Å². The second-order valence-electron chi connectivity index (χ2n) is 1.47. The highest BCUT2D eigenvalue weighted by Crippen LogP contribution is 1.84. The summed E-state index contributed by atoms with van der Waals surface area (Å²) in [5, 5.41) is 2.86. The van der Waals surface area contributed by atoms with Gasteiger partial charge in [-0.25, -0.2) is 0 Å². The van der Waals surface area contributed by atoms with Crippen molar-refractivity contribution in [1.29, 1.82) is 0 Å². The Morgan fingerprint density at radius 1 is 1.71 bits per heavy atom. The van der Waals surface area contributed by atoms with Crippen molar-refractivity contribution in [2.24, 2.45) is 0 Å². The maximum Gasteiger partial charge on any atom is 0.00277 e. The molecule has 0 aromatic carbocycles. The molecular formula is C6H11N. The molecule has 0 saturated carbocycles. The summed E-state index contributed by atoms with van der Waals surface area (Å²) in [6.07, 6.45) is 3.77. The Bertz CT molecular complexity index is 82.2. The maximum atomic E-state index is 3.67. The molecule has 1 heteroatoms. The van der Waals surface area contributed by atoms with Crippen molar-refractivity contribution < 1.29 is 0 Å². The van der Waals surface area contributed by atoms with E-state index in [-0.39, 0.29) is 0 Å². The fourth-order valence-corrected chi connectivity index (χ4v) is 0.226. The van der Waals surface area contributed by atoms with Gasteiger partial charge in [0.05, 0.1) is 0 Å². The molecule has 0 aromatic rings. The minimum Gasteiger partial charge on any atom is -0.394 e. The second-order valence-corrected chi connectivity index (χ2v) is 1.47. The van der Waals surface area contributed by atoms with Crippen molar-refractivity contribution in [2.45, 2.75) is 6.92 Å². The van der Waals surface area contributed by atoms with E-state index >= 15 is 0 Å². The van der Waals surface area contributed by atoms with Crippen LogP contribution in [0.25, 0.3) is 0 Å². The SMILES string of the molecule is C=C(C)C=CNC. The van der Waals surface area contributed by atoms with Crippen LogP contribution in [0, 0.1) is 0 Å². The third-order valence-electron chi connectivity index (χ3n) is 0.535. The van der Waals surface area contributed by atoms with Crippen molar-refractivity contribution >= 4 is 0 Å². The van der Waals surface area contributed by atoms with Crippen LogP contribution < -0.4 is 5.32 Å². The normalized spacial score (nSPS) is 9.43. The molecular weight excluding hydrogens is 86.1 g/mol. The highest BCUT2D eigenvalue weighted by Gasteiger charge is 1.66. The fraction of sp³-hybridized carbons (Fsp3) is 0.333. The quantitative estimate of drug-likeness (QED) is 0.512. The van der Waals surface area contributed by atoms with Gasteiger partial charge in [-0.3, -0.25) is 0 Å². The monoisotopic (exact) mass is 97.1 g/mol. The van der Waals surface area contributed by atoms with Crippen LogP contribution in [-0.2, 0) is 0 Å². The summed E-state index contributed by atoms with van der Waals surface area (Å²) in [6, 6.07) is 0. The summed E-state index contributed by atoms with van der Waals surface area (Å²) in [5.74, 6) is 0. The minimum absolute atomic E-state index is 1.06. The molecule has 0 amide bonds. The average Bonchev–Trinajstić information content (AvgIpc) is 1.61. The Hall–Kier alpha value is -0.720. The molecule has 0 fully saturated rings. The summed E-state index contributed by atoms with van der Waals surface area (Å²) >= 11 is 0. The zero-order valence-electron chi connectivity index (χ0n) is 4.86. The van der Waals surface area contributed by atoms with Crippen molar-refractivity contribution in [1.82, 2.24) is 5.32 Å². The molecule has 1 nitrogen and oxygen atoms in total. The lowest BCUT2D eigenvalue weighted by Gasteiger charge is -1.83. The van der Waals surface area contributed by atoms with Gasteiger partial charge in [0.25, 0.3) is 0 Å². The first-order valence-corrected chi connectivity index (χ1v) is 2.26. The lowest BCUT2D eigenvalue weighted by atomic mass is 10.3. The predicted molar refractivity (Wildman–Crippen MR) is 33.0 cm³/mol. The molecule has 0 aromatic heterocycles. The number of allylic oxidation sites excluding steroid dienone is 2. The Morgan fingerprint density at radius 3 is 2.43 bits per heavy atom. The van der Waals surface area contributed by atoms with E-state index < -0.39 is 0 Å². The van der Waals surface area contributed by atoms with Crippen molar-refractivity contribution in [3.63, 3.8) is 0 Å². The Labute approximate surface area is 44.7 Å². The van der Waals surface area contributed by atoms with Crippen LogP contribution in [0.5, 0.6) is 0 Å². The van der Waals surface area contributed by atoms with E-state index in [9.17, 15) is 0 Å². The van der Waals surface area contributed by atoms with Gasteiger partial charge in [0, 0.05) is 7.05 Å². The first-order chi connectivity index (χ1) is 3.27. The Balaban J connectivity index is 3.26. The van der Waals surface area contributed by atoms with Gasteiger partial charge in [-0.1, -0.05) is 12.2 Å². The van der Waals surface area contributed by atoms with Gasteiger partial charge >= 0.3 is 0 Å². The molecule has 0 atom stereocenters. The van der Waals surface area contributed by atoms with E-state index in [2.05, 4.69) is 11.9 Å². The van der Waals surface area contributed by atoms with E-state index in [1.165, 1.54) is 0 Å². The number of rotatable bonds is 2. The third-order valence-corrected chi connectivity index (χ3v) is 0.535. The first-order valence-electron chi connectivity index (χ1n) is 2.26. The van der Waals surface area contributed by atoms with E-state index in [1.54, 1.807) is 0 Å². The van der Waals surface area contributed by atoms with Crippen LogP contribution in [0.15, 0.2) is 24.4 Å². The van der Waals surface area contributed by atoms with Crippen molar-refractivity contribution in [2.75, 3.05) is 7.05 Å². The van der Waals surface area contributed by atoms with E-state index in [1.807, 2.05) is 26.2 Å². The standard InChI is InChI=1S/C6H11N/c1-6(2)4-5-7-3/h4-5,7H,1H2,2-3H3. The number of nitrogens with one attached hydrogen (secondary N) is 1. The molecule has 0 aliphatic heterocycles. The predicted octanol–water partition coefficient (Wildman–Crippen LogP) is 1.30. The molecule has 0 radical (unpaired) electrons. The molecule has 0 rings (SSSR count). The van der Waals surface area contributed by atoms with E-state index in [0.717, 1.165) is 5.57 Å². The number of hydrogen-bond acceptors (Lipinski definition) is 1. The van der Waals surface area contributed by atoms with Gasteiger partial charge in [-0.05, 0) is 19.2 Å². The third kappa shape index (κ3) is 5.28. The van der Waals surface area contributed by atoms with Gasteiger partial charge in [0.1, 0.15) is 0 Å². The molecule has 40 valence electrons. The molecule has 1 N–H and O–H groups in total. The molecule has 0 spiro atoms. The smallest absolute Gasteiger partial charge is 0.00277 e. The lowest BCUT2D eigenvalue weighted by molar-refractivity contribution is 1.10. The molecule has 7 heavy (non-hydrogen) atoms. The van der Waals surface area contributed by atoms with Crippen LogP contribution in [0.4, 0.5) is 0 Å². The van der Waals surface area contributed by atoms with Crippen LogP contribution in [0.2, 0.25) is 0 Å². The molecule has 0 bridgehead atoms. The topological polar surface area (TPSA) is 12.0 Å². The van der Waals surface area contributed by atoms with Gasteiger partial charge in [-0.2, -0.15) is 0 Å². The fourth-order valence-electron chi connectivity index (χ4n) is 0.226. The van der Waals surface area contributed by atoms with Gasteiger partial charge in [0.2, 0.25) is 0 Å². The van der Waals surface area contributed by atoms with Crippen LogP contribution in [0.1, 0.15) is 6.92 Å². The molecule has 0 heterocycles.